The van der Waals surface area contributed by atoms with Gasteiger partial charge in [0.15, 0.2) is 0 Å². The number of nitrogens with zero attached hydrogens (tertiary/aromatic N) is 4. The van der Waals surface area contributed by atoms with Gasteiger partial charge in [-0.25, -0.2) is 4.98 Å². The van der Waals surface area contributed by atoms with E-state index in [0.29, 0.717) is 6.42 Å². The second-order valence-corrected chi connectivity index (χ2v) is 12.4. The third-order valence-corrected chi connectivity index (χ3v) is 8.47. The normalized spacial score (nSPS) is 23.4. The topological polar surface area (TPSA) is 149 Å². The molecule has 0 bridgehead atoms. The van der Waals surface area contributed by atoms with E-state index in [1.165, 1.54) is 0 Å². The van der Waals surface area contributed by atoms with Crippen LogP contribution in [0.2, 0.25) is 0 Å². The lowest BCUT2D eigenvalue weighted by Gasteiger charge is -2.34. The molecule has 7 atom stereocenters. The van der Waals surface area contributed by atoms with Crippen LogP contribution in [0.3, 0.4) is 0 Å². The molecular formula is C27H44N4O5S. The summed E-state index contributed by atoms with van der Waals surface area (Å²) in [4.78, 5) is 23.8. The third-order valence-electron chi connectivity index (χ3n) is 7.68. The van der Waals surface area contributed by atoms with Crippen LogP contribution < -0.4 is 0 Å². The standard InChI is InChI=1S/C26H44N4O3S.CO2/c1-16(24(32)18(3)14-25(6,7)19(4)31)10-9-11-26(8)23(33-26)13-22(29-30-27)17(2)12-21-15-34-20(5)28-21;2-1-3/h12,15-16,18-19,22-24,31-32H,9-11,13-14H2,1-8H3;/b17-12+;. The summed E-state index contributed by atoms with van der Waals surface area (Å²) in [6.07, 6.45) is 5.77. The van der Waals surface area contributed by atoms with E-state index in [9.17, 15) is 10.2 Å². The Balaban J connectivity index is 0.00000217. The van der Waals surface area contributed by atoms with Gasteiger partial charge in [-0.1, -0.05) is 44.8 Å². The van der Waals surface area contributed by atoms with Gasteiger partial charge in [-0.3, -0.25) is 0 Å². The van der Waals surface area contributed by atoms with E-state index in [-0.39, 0.29) is 41.1 Å². The fraction of sp³-hybridized carbons (Fsp3) is 0.778. The highest BCUT2D eigenvalue weighted by Crippen LogP contribution is 2.45. The molecule has 0 amide bonds. The monoisotopic (exact) mass is 536 g/mol. The van der Waals surface area contributed by atoms with Gasteiger partial charge < -0.3 is 14.9 Å². The summed E-state index contributed by atoms with van der Waals surface area (Å²) < 4.78 is 6.05. The van der Waals surface area contributed by atoms with Crippen molar-refractivity contribution in [3.8, 4) is 0 Å². The molecule has 2 heterocycles. The molecule has 1 aromatic rings. The zero-order valence-electron chi connectivity index (χ0n) is 23.5. The fourth-order valence-corrected chi connectivity index (χ4v) is 5.37. The maximum atomic E-state index is 10.8. The Bertz CT molecular complexity index is 966. The second-order valence-electron chi connectivity index (χ2n) is 11.3. The Morgan fingerprint density at radius 2 is 1.97 bits per heavy atom. The SMILES string of the molecule is C/C(=C\c1csc(C)n1)C(CC1OC1(C)CCCC(C)C(O)C(C)CC(C)(C)C(C)O)N=[N+]=[N-].O=C=O. The number of rotatable bonds is 14. The number of hydrogen-bond donors (Lipinski definition) is 2. The van der Waals surface area contributed by atoms with Gasteiger partial charge in [-0.05, 0) is 82.2 Å². The van der Waals surface area contributed by atoms with Gasteiger partial charge in [0.1, 0.15) is 0 Å². The van der Waals surface area contributed by atoms with Gasteiger partial charge in [0, 0.05) is 10.3 Å². The smallest absolute Gasteiger partial charge is 0.373 e. The minimum atomic E-state index is -0.403. The average Bonchev–Trinajstić information content (AvgIpc) is 3.25. The number of ether oxygens (including phenoxy) is 1. The van der Waals surface area contributed by atoms with Crippen LogP contribution in [0, 0.1) is 24.2 Å². The highest BCUT2D eigenvalue weighted by molar-refractivity contribution is 7.09. The highest BCUT2D eigenvalue weighted by Gasteiger charge is 2.52. The summed E-state index contributed by atoms with van der Waals surface area (Å²) in [7, 11) is 0. The molecule has 0 radical (unpaired) electrons. The summed E-state index contributed by atoms with van der Waals surface area (Å²) in [5.74, 6) is 0.310. The van der Waals surface area contributed by atoms with Gasteiger partial charge in [-0.2, -0.15) is 9.59 Å². The van der Waals surface area contributed by atoms with E-state index in [2.05, 4.69) is 49.6 Å². The van der Waals surface area contributed by atoms with E-state index in [1.54, 1.807) is 11.3 Å². The molecule has 10 heteroatoms. The number of aromatic nitrogens is 1. The van der Waals surface area contributed by atoms with Crippen LogP contribution in [0.4, 0.5) is 0 Å². The molecule has 1 saturated heterocycles. The molecule has 208 valence electrons. The summed E-state index contributed by atoms with van der Waals surface area (Å²) in [6.45, 7) is 16.2. The van der Waals surface area contributed by atoms with Crippen LogP contribution >= 0.6 is 11.3 Å². The molecule has 37 heavy (non-hydrogen) atoms. The molecule has 1 aromatic heterocycles. The van der Waals surface area contributed by atoms with E-state index >= 15 is 0 Å². The average molecular weight is 537 g/mol. The molecule has 2 N–H and O–H groups in total. The number of carbonyl (C=O) groups excluding carboxylic acids is 2. The zero-order chi connectivity index (χ0) is 28.4. The Kier molecular flexibility index (Phi) is 13.2. The van der Waals surface area contributed by atoms with Crippen molar-refractivity contribution < 1.29 is 24.5 Å². The Morgan fingerprint density at radius 1 is 1.35 bits per heavy atom. The number of aliphatic hydroxyl groups excluding tert-OH is 2. The van der Waals surface area contributed by atoms with E-state index in [4.69, 9.17) is 19.9 Å². The summed E-state index contributed by atoms with van der Waals surface area (Å²) >= 11 is 1.60. The highest BCUT2D eigenvalue weighted by atomic mass is 32.1. The lowest BCUT2D eigenvalue weighted by atomic mass is 9.75. The predicted molar refractivity (Wildman–Crippen MR) is 145 cm³/mol. The summed E-state index contributed by atoms with van der Waals surface area (Å²) in [5.41, 5.74) is 10.5. The minimum Gasteiger partial charge on any atom is -0.393 e. The van der Waals surface area contributed by atoms with Crippen molar-refractivity contribution in [3.05, 3.63) is 32.1 Å². The van der Waals surface area contributed by atoms with Crippen LogP contribution in [-0.2, 0) is 14.3 Å². The minimum absolute atomic E-state index is 0.0644. The molecule has 2 rings (SSSR count). The van der Waals surface area contributed by atoms with Crippen molar-refractivity contribution in [1.29, 1.82) is 0 Å². The Labute approximate surface area is 225 Å². The quantitative estimate of drug-likeness (QED) is 0.127. The first-order valence-corrected chi connectivity index (χ1v) is 13.8. The molecule has 1 aliphatic heterocycles. The number of hydrogen-bond acceptors (Lipinski definition) is 8. The molecular weight excluding hydrogens is 492 g/mol. The van der Waals surface area contributed by atoms with Crippen LogP contribution in [0.15, 0.2) is 16.1 Å². The molecule has 0 aromatic carbocycles. The molecule has 1 fully saturated rings. The zero-order valence-corrected chi connectivity index (χ0v) is 24.3. The number of epoxide rings is 1. The van der Waals surface area contributed by atoms with Crippen molar-refractivity contribution in [2.45, 2.75) is 117 Å². The van der Waals surface area contributed by atoms with E-state index in [1.807, 2.05) is 32.2 Å². The summed E-state index contributed by atoms with van der Waals surface area (Å²) in [5, 5.41) is 27.8. The van der Waals surface area contributed by atoms with Crippen molar-refractivity contribution >= 4 is 23.6 Å². The molecule has 7 unspecified atom stereocenters. The van der Waals surface area contributed by atoms with Crippen molar-refractivity contribution in [2.75, 3.05) is 0 Å². The largest absolute Gasteiger partial charge is 0.393 e. The Morgan fingerprint density at radius 3 is 2.49 bits per heavy atom. The van der Waals surface area contributed by atoms with E-state index in [0.717, 1.165) is 42.0 Å². The lowest BCUT2D eigenvalue weighted by molar-refractivity contribution is -0.191. The molecule has 0 saturated carbocycles. The van der Waals surface area contributed by atoms with Gasteiger partial charge in [0.05, 0.1) is 40.7 Å². The van der Waals surface area contributed by atoms with Crippen LogP contribution in [-0.4, -0.2) is 51.3 Å². The van der Waals surface area contributed by atoms with Gasteiger partial charge in [0.25, 0.3) is 0 Å². The number of aliphatic hydroxyl groups is 2. The number of thiazole rings is 1. The number of azide groups is 1. The molecule has 0 spiro atoms. The second kappa shape index (κ2) is 14.8. The van der Waals surface area contributed by atoms with Crippen LogP contribution in [0.25, 0.3) is 16.5 Å². The maximum Gasteiger partial charge on any atom is 0.373 e. The van der Waals surface area contributed by atoms with Gasteiger partial charge in [0.2, 0.25) is 0 Å². The summed E-state index contributed by atoms with van der Waals surface area (Å²) in [6, 6.07) is -0.252. The molecule has 1 aliphatic rings. The van der Waals surface area contributed by atoms with E-state index < -0.39 is 12.2 Å². The van der Waals surface area contributed by atoms with Crippen LogP contribution in [0.1, 0.15) is 91.3 Å². The molecule has 0 aliphatic carbocycles. The third kappa shape index (κ3) is 10.7. The first-order valence-electron chi connectivity index (χ1n) is 12.9. The predicted octanol–water partition coefficient (Wildman–Crippen LogP) is 6.10. The molecule has 9 nitrogen and oxygen atoms in total. The lowest BCUT2D eigenvalue weighted by Crippen LogP contribution is -2.34. The van der Waals surface area contributed by atoms with Crippen molar-refractivity contribution in [3.63, 3.8) is 0 Å². The van der Waals surface area contributed by atoms with Crippen LogP contribution in [0.5, 0.6) is 0 Å². The van der Waals surface area contributed by atoms with Crippen molar-refractivity contribution in [1.82, 2.24) is 4.98 Å². The Hall–Kier alpha value is -2.06. The maximum absolute atomic E-state index is 10.8. The number of aryl methyl sites for hydroxylation is 1. The van der Waals surface area contributed by atoms with Gasteiger partial charge in [-0.15, -0.1) is 11.3 Å². The fourth-order valence-electron chi connectivity index (χ4n) is 4.80. The first kappa shape index (κ1) is 33.0. The van der Waals surface area contributed by atoms with Gasteiger partial charge >= 0.3 is 6.15 Å². The van der Waals surface area contributed by atoms with Crippen molar-refractivity contribution in [2.24, 2.45) is 22.4 Å². The first-order chi connectivity index (χ1) is 17.2.